The van der Waals surface area contributed by atoms with Crippen molar-refractivity contribution in [2.75, 3.05) is 18.1 Å². The summed E-state index contributed by atoms with van der Waals surface area (Å²) in [6, 6.07) is 16.3. The third kappa shape index (κ3) is 3.91. The first-order valence-corrected chi connectivity index (χ1v) is 12.0. The van der Waals surface area contributed by atoms with Gasteiger partial charge >= 0.3 is 0 Å². The number of aryl methyl sites for hydroxylation is 1. The van der Waals surface area contributed by atoms with E-state index in [9.17, 15) is 14.4 Å². The van der Waals surface area contributed by atoms with Crippen LogP contribution in [0.5, 0.6) is 0 Å². The Morgan fingerprint density at radius 3 is 2.55 bits per heavy atom. The SMILES string of the molecule is CSc1ccc(-c2ccc3c(c2)C(=O)N2CC(NC(=O)c4cccn4C)CC2C(=O)N3)cc1. The highest BCUT2D eigenvalue weighted by atomic mass is 32.2. The second-order valence-corrected chi connectivity index (χ2v) is 9.24. The molecule has 7 nitrogen and oxygen atoms in total. The summed E-state index contributed by atoms with van der Waals surface area (Å²) in [6.45, 7) is 0.291. The maximum atomic E-state index is 13.5. The predicted molar refractivity (Wildman–Crippen MR) is 128 cm³/mol. The Bertz CT molecular complexity index is 1250. The van der Waals surface area contributed by atoms with Gasteiger partial charge in [0.1, 0.15) is 11.7 Å². The van der Waals surface area contributed by atoms with Gasteiger partial charge in [0.25, 0.3) is 11.8 Å². The zero-order valence-electron chi connectivity index (χ0n) is 18.4. The average molecular weight is 461 g/mol. The molecule has 0 saturated carbocycles. The largest absolute Gasteiger partial charge is 0.347 e. The Kier molecular flexibility index (Phi) is 5.46. The summed E-state index contributed by atoms with van der Waals surface area (Å²) in [7, 11) is 1.80. The van der Waals surface area contributed by atoms with Crippen molar-refractivity contribution in [3.05, 3.63) is 72.1 Å². The number of thioether (sulfide) groups is 1. The average Bonchev–Trinajstić information content (AvgIpc) is 3.43. The van der Waals surface area contributed by atoms with Gasteiger partial charge in [0.2, 0.25) is 5.91 Å². The minimum atomic E-state index is -0.618. The van der Waals surface area contributed by atoms with E-state index in [1.165, 1.54) is 4.90 Å². The van der Waals surface area contributed by atoms with Gasteiger partial charge < -0.3 is 20.1 Å². The van der Waals surface area contributed by atoms with Gasteiger partial charge in [-0.1, -0.05) is 18.2 Å². The van der Waals surface area contributed by atoms with Gasteiger partial charge in [-0.2, -0.15) is 0 Å². The number of rotatable bonds is 4. The van der Waals surface area contributed by atoms with Crippen molar-refractivity contribution < 1.29 is 14.4 Å². The van der Waals surface area contributed by atoms with Crippen LogP contribution >= 0.6 is 11.8 Å². The molecule has 2 aliphatic heterocycles. The lowest BCUT2D eigenvalue weighted by atomic mass is 10.0. The molecule has 1 saturated heterocycles. The first-order valence-electron chi connectivity index (χ1n) is 10.8. The van der Waals surface area contributed by atoms with E-state index in [0.717, 1.165) is 11.1 Å². The van der Waals surface area contributed by atoms with Gasteiger partial charge in [0.05, 0.1) is 11.3 Å². The molecule has 2 N–H and O–H groups in total. The molecular weight excluding hydrogens is 436 g/mol. The van der Waals surface area contributed by atoms with Gasteiger partial charge in [-0.3, -0.25) is 14.4 Å². The molecule has 8 heteroatoms. The quantitative estimate of drug-likeness (QED) is 0.585. The molecule has 2 atom stereocenters. The van der Waals surface area contributed by atoms with E-state index in [-0.39, 0.29) is 23.8 Å². The highest BCUT2D eigenvalue weighted by Crippen LogP contribution is 2.32. The monoisotopic (exact) mass is 460 g/mol. The van der Waals surface area contributed by atoms with Crippen molar-refractivity contribution in [3.8, 4) is 11.1 Å². The molecule has 0 radical (unpaired) electrons. The second kappa shape index (κ2) is 8.44. The maximum absolute atomic E-state index is 13.5. The number of nitrogens with one attached hydrogen (secondary N) is 2. The van der Waals surface area contributed by atoms with E-state index in [2.05, 4.69) is 10.6 Å². The van der Waals surface area contributed by atoms with E-state index in [0.29, 0.717) is 29.9 Å². The summed E-state index contributed by atoms with van der Waals surface area (Å²) in [5.74, 6) is -0.643. The van der Waals surface area contributed by atoms with Crippen molar-refractivity contribution in [1.82, 2.24) is 14.8 Å². The Morgan fingerprint density at radius 2 is 1.85 bits per heavy atom. The van der Waals surface area contributed by atoms with Crippen LogP contribution in [0.2, 0.25) is 0 Å². The third-order valence-electron chi connectivity index (χ3n) is 6.31. The number of anilines is 1. The molecule has 2 unspecified atom stereocenters. The number of benzene rings is 2. The normalized spacial score (nSPS) is 19.5. The Labute approximate surface area is 196 Å². The molecule has 1 fully saturated rings. The summed E-state index contributed by atoms with van der Waals surface area (Å²) in [5.41, 5.74) is 3.44. The van der Waals surface area contributed by atoms with Gasteiger partial charge in [-0.25, -0.2) is 0 Å². The first kappa shape index (κ1) is 21.3. The fourth-order valence-corrected chi connectivity index (χ4v) is 4.94. The lowest BCUT2D eigenvalue weighted by molar-refractivity contribution is -0.119. The Hall–Kier alpha value is -3.52. The topological polar surface area (TPSA) is 83.4 Å². The summed E-state index contributed by atoms with van der Waals surface area (Å²) >= 11 is 1.67. The van der Waals surface area contributed by atoms with Crippen molar-refractivity contribution in [1.29, 1.82) is 0 Å². The highest BCUT2D eigenvalue weighted by Gasteiger charge is 2.43. The molecule has 0 spiro atoms. The van der Waals surface area contributed by atoms with Crippen molar-refractivity contribution >= 4 is 35.2 Å². The standard InChI is InChI=1S/C25H24N4O3S/c1-28-11-3-4-21(28)23(30)26-17-13-22-24(31)27-20-10-7-16(12-19(20)25(32)29(22)14-17)15-5-8-18(33-2)9-6-15/h3-12,17,22H,13-14H2,1-2H3,(H,26,30)(H,27,31). The molecule has 2 aliphatic rings. The van der Waals surface area contributed by atoms with Crippen molar-refractivity contribution in [2.24, 2.45) is 7.05 Å². The van der Waals surface area contributed by atoms with Gasteiger partial charge in [0, 0.05) is 30.7 Å². The zero-order chi connectivity index (χ0) is 23.1. The van der Waals surface area contributed by atoms with Crippen LogP contribution in [0.15, 0.2) is 65.7 Å². The second-order valence-electron chi connectivity index (χ2n) is 8.36. The lowest BCUT2D eigenvalue weighted by Crippen LogP contribution is -2.41. The number of hydrogen-bond donors (Lipinski definition) is 2. The number of hydrogen-bond acceptors (Lipinski definition) is 4. The molecule has 0 aliphatic carbocycles. The van der Waals surface area contributed by atoms with Gasteiger partial charge in [0.15, 0.2) is 0 Å². The molecule has 3 aromatic rings. The fraction of sp³-hybridized carbons (Fsp3) is 0.240. The molecule has 168 valence electrons. The number of amides is 3. The molecule has 3 amide bonds. The first-order chi connectivity index (χ1) is 15.9. The Balaban J connectivity index is 1.40. The molecular formula is C25H24N4O3S. The maximum Gasteiger partial charge on any atom is 0.268 e. The molecule has 3 heterocycles. The highest BCUT2D eigenvalue weighted by molar-refractivity contribution is 7.98. The van der Waals surface area contributed by atoms with Crippen LogP contribution in [0.3, 0.4) is 0 Å². The molecule has 0 bridgehead atoms. The Morgan fingerprint density at radius 1 is 1.09 bits per heavy atom. The van der Waals surface area contributed by atoms with Gasteiger partial charge in [-0.15, -0.1) is 11.8 Å². The van der Waals surface area contributed by atoms with Crippen LogP contribution in [0.25, 0.3) is 11.1 Å². The lowest BCUT2D eigenvalue weighted by Gasteiger charge is -2.20. The molecule has 1 aromatic heterocycles. The van der Waals surface area contributed by atoms with E-state index in [1.54, 1.807) is 52.7 Å². The number of aromatic nitrogens is 1. The van der Waals surface area contributed by atoms with Crippen LogP contribution in [0, 0.1) is 0 Å². The minimum absolute atomic E-state index is 0.202. The van der Waals surface area contributed by atoms with Crippen LogP contribution < -0.4 is 10.6 Å². The number of fused-ring (bicyclic) bond motifs is 2. The number of nitrogens with zero attached hydrogens (tertiary/aromatic N) is 2. The molecule has 2 aromatic carbocycles. The van der Waals surface area contributed by atoms with E-state index >= 15 is 0 Å². The minimum Gasteiger partial charge on any atom is -0.347 e. The van der Waals surface area contributed by atoms with E-state index < -0.39 is 6.04 Å². The van der Waals surface area contributed by atoms with Crippen LogP contribution in [0.1, 0.15) is 27.3 Å². The smallest absolute Gasteiger partial charge is 0.268 e. The summed E-state index contributed by atoms with van der Waals surface area (Å²) < 4.78 is 1.74. The fourth-order valence-electron chi connectivity index (χ4n) is 4.53. The third-order valence-corrected chi connectivity index (χ3v) is 7.05. The zero-order valence-corrected chi connectivity index (χ0v) is 19.2. The van der Waals surface area contributed by atoms with Crippen LogP contribution in [-0.2, 0) is 11.8 Å². The predicted octanol–water partition coefficient (Wildman–Crippen LogP) is 3.38. The van der Waals surface area contributed by atoms with Crippen LogP contribution in [0.4, 0.5) is 5.69 Å². The van der Waals surface area contributed by atoms with Crippen LogP contribution in [-0.4, -0.2) is 52.1 Å². The summed E-state index contributed by atoms with van der Waals surface area (Å²) in [6.07, 6.45) is 4.21. The van der Waals surface area contributed by atoms with E-state index in [4.69, 9.17) is 0 Å². The number of carbonyl (C=O) groups is 3. The van der Waals surface area contributed by atoms with Gasteiger partial charge in [-0.05, 0) is 60.2 Å². The summed E-state index contributed by atoms with van der Waals surface area (Å²) in [5, 5.41) is 5.89. The molecule has 5 rings (SSSR count). The van der Waals surface area contributed by atoms with Crippen molar-refractivity contribution in [3.63, 3.8) is 0 Å². The molecule has 33 heavy (non-hydrogen) atoms. The number of carbonyl (C=O) groups excluding carboxylic acids is 3. The van der Waals surface area contributed by atoms with Crippen molar-refractivity contribution in [2.45, 2.75) is 23.4 Å². The van der Waals surface area contributed by atoms with E-state index in [1.807, 2.05) is 42.7 Å². The summed E-state index contributed by atoms with van der Waals surface area (Å²) in [4.78, 5) is 41.8.